The number of carbonyl (C=O) groups excluding carboxylic acids is 2. The highest BCUT2D eigenvalue weighted by Crippen LogP contribution is 2.27. The molecule has 0 aliphatic carbocycles. The normalized spacial score (nSPS) is 17.2. The lowest BCUT2D eigenvalue weighted by Crippen LogP contribution is -2.38. The number of amides is 2. The Morgan fingerprint density at radius 1 is 1.00 bits per heavy atom. The van der Waals surface area contributed by atoms with E-state index in [4.69, 9.17) is 0 Å². The van der Waals surface area contributed by atoms with Crippen molar-refractivity contribution in [3.05, 3.63) is 83.3 Å². The molecule has 0 bridgehead atoms. The lowest BCUT2D eigenvalue weighted by Gasteiger charge is -2.32. The van der Waals surface area contributed by atoms with Crippen LogP contribution in [0, 0.1) is 5.92 Å². The zero-order chi connectivity index (χ0) is 26.6. The van der Waals surface area contributed by atoms with Crippen molar-refractivity contribution in [1.82, 2.24) is 30.6 Å². The Morgan fingerprint density at radius 2 is 1.82 bits per heavy atom. The fourth-order valence-corrected chi connectivity index (χ4v) is 5.63. The quantitative estimate of drug-likeness (QED) is 0.331. The van der Waals surface area contributed by atoms with Crippen LogP contribution >= 0.6 is 11.8 Å². The molecular formula is C29H27N7O2S. The molecule has 2 fully saturated rings. The summed E-state index contributed by atoms with van der Waals surface area (Å²) in [6, 6.07) is 16.1. The van der Waals surface area contributed by atoms with E-state index in [0.29, 0.717) is 22.5 Å². The SMILES string of the molecule is O=C1NC(=O)/C(=C\c2ccnc(N3CCC(CNCc4ccnc(-c5ccnc6ccccc56)c4)CC3)n2)S1. The first-order valence-corrected chi connectivity index (χ1v) is 13.8. The summed E-state index contributed by atoms with van der Waals surface area (Å²) in [5, 5.41) is 6.65. The van der Waals surface area contributed by atoms with Crippen molar-refractivity contribution in [3.8, 4) is 11.3 Å². The summed E-state index contributed by atoms with van der Waals surface area (Å²) in [5.74, 6) is 0.840. The molecule has 0 atom stereocenters. The number of para-hydroxylation sites is 1. The van der Waals surface area contributed by atoms with Crippen LogP contribution in [0.25, 0.3) is 28.2 Å². The van der Waals surface area contributed by atoms with Gasteiger partial charge in [0.1, 0.15) is 0 Å². The maximum Gasteiger partial charge on any atom is 0.290 e. The van der Waals surface area contributed by atoms with Gasteiger partial charge in [-0.15, -0.1) is 0 Å². The van der Waals surface area contributed by atoms with E-state index < -0.39 is 0 Å². The van der Waals surface area contributed by atoms with E-state index in [0.717, 1.165) is 72.9 Å². The number of imide groups is 1. The molecule has 9 nitrogen and oxygen atoms in total. The highest BCUT2D eigenvalue weighted by atomic mass is 32.2. The maximum absolute atomic E-state index is 11.8. The van der Waals surface area contributed by atoms with Crippen molar-refractivity contribution >= 4 is 45.8 Å². The fourth-order valence-electron chi connectivity index (χ4n) is 4.96. The van der Waals surface area contributed by atoms with Gasteiger partial charge in [-0.05, 0) is 79.0 Å². The topological polar surface area (TPSA) is 113 Å². The average Bonchev–Trinajstić information content (AvgIpc) is 3.29. The first-order valence-electron chi connectivity index (χ1n) is 12.9. The summed E-state index contributed by atoms with van der Waals surface area (Å²) in [5.41, 5.74) is 4.84. The Balaban J connectivity index is 1.02. The predicted octanol–water partition coefficient (Wildman–Crippen LogP) is 4.42. The van der Waals surface area contributed by atoms with Crippen molar-refractivity contribution in [2.75, 3.05) is 24.5 Å². The lowest BCUT2D eigenvalue weighted by atomic mass is 9.97. The Kier molecular flexibility index (Phi) is 7.29. The molecule has 2 N–H and O–H groups in total. The van der Waals surface area contributed by atoms with Gasteiger partial charge < -0.3 is 10.2 Å². The molecule has 0 radical (unpaired) electrons. The molecule has 0 saturated carbocycles. The molecule has 4 aromatic rings. The Morgan fingerprint density at radius 3 is 2.67 bits per heavy atom. The second-order valence-electron chi connectivity index (χ2n) is 9.62. The van der Waals surface area contributed by atoms with Crippen LogP contribution in [0.3, 0.4) is 0 Å². The van der Waals surface area contributed by atoms with Crippen LogP contribution in [0.4, 0.5) is 10.7 Å². The number of hydrogen-bond donors (Lipinski definition) is 2. The summed E-state index contributed by atoms with van der Waals surface area (Å²) in [6.45, 7) is 3.47. The van der Waals surface area contributed by atoms with E-state index in [9.17, 15) is 9.59 Å². The Hall–Kier alpha value is -4.15. The van der Waals surface area contributed by atoms with E-state index >= 15 is 0 Å². The Labute approximate surface area is 230 Å². The number of anilines is 1. The molecule has 5 heterocycles. The molecule has 2 aliphatic rings. The van der Waals surface area contributed by atoms with Crippen molar-refractivity contribution in [1.29, 1.82) is 0 Å². The second kappa shape index (κ2) is 11.3. The standard InChI is InChI=1S/C29H27N7O2S/c37-27-26(39-29(38)35-27)16-21-6-11-33-28(34-21)36-13-8-19(9-14-36)17-30-18-20-5-10-32-25(15-20)23-7-12-31-24-4-2-1-3-22(23)24/h1-7,10-12,15-16,19,30H,8-9,13-14,17-18H2,(H,35,37,38)/b26-16+. The average molecular weight is 538 g/mol. The van der Waals surface area contributed by atoms with Crippen molar-refractivity contribution in [2.45, 2.75) is 19.4 Å². The van der Waals surface area contributed by atoms with E-state index in [-0.39, 0.29) is 11.1 Å². The Bertz CT molecular complexity index is 1560. The molecule has 39 heavy (non-hydrogen) atoms. The van der Waals surface area contributed by atoms with Gasteiger partial charge in [-0.25, -0.2) is 9.97 Å². The molecule has 2 aliphatic heterocycles. The number of fused-ring (bicyclic) bond motifs is 1. The third-order valence-corrected chi connectivity index (χ3v) is 7.80. The number of nitrogens with zero attached hydrogens (tertiary/aromatic N) is 5. The van der Waals surface area contributed by atoms with Crippen LogP contribution in [-0.2, 0) is 11.3 Å². The van der Waals surface area contributed by atoms with Crippen LogP contribution in [0.1, 0.15) is 24.1 Å². The minimum atomic E-state index is -0.382. The molecule has 0 unspecified atom stereocenters. The molecule has 2 saturated heterocycles. The van der Waals surface area contributed by atoms with Gasteiger partial charge in [0.15, 0.2) is 0 Å². The zero-order valence-electron chi connectivity index (χ0n) is 21.2. The summed E-state index contributed by atoms with van der Waals surface area (Å²) in [4.78, 5) is 43.9. The van der Waals surface area contributed by atoms with Crippen LogP contribution < -0.4 is 15.5 Å². The number of aromatic nitrogens is 4. The van der Waals surface area contributed by atoms with E-state index in [2.05, 4.69) is 53.7 Å². The molecule has 1 aromatic carbocycles. The van der Waals surface area contributed by atoms with Gasteiger partial charge >= 0.3 is 0 Å². The number of carbonyl (C=O) groups is 2. The number of rotatable bonds is 7. The molecule has 6 rings (SSSR count). The fraction of sp³-hybridized carbons (Fsp3) is 0.241. The monoisotopic (exact) mass is 537 g/mol. The zero-order valence-corrected chi connectivity index (χ0v) is 22.0. The minimum absolute atomic E-state index is 0.352. The van der Waals surface area contributed by atoms with Gasteiger partial charge in [-0.3, -0.25) is 24.9 Å². The van der Waals surface area contributed by atoms with Crippen LogP contribution in [0.2, 0.25) is 0 Å². The number of benzene rings is 1. The highest BCUT2D eigenvalue weighted by Gasteiger charge is 2.25. The predicted molar refractivity (Wildman–Crippen MR) is 153 cm³/mol. The number of hydrogen-bond acceptors (Lipinski definition) is 9. The van der Waals surface area contributed by atoms with E-state index in [1.54, 1.807) is 18.3 Å². The second-order valence-corrected chi connectivity index (χ2v) is 10.6. The highest BCUT2D eigenvalue weighted by molar-refractivity contribution is 8.18. The summed E-state index contributed by atoms with van der Waals surface area (Å²) in [7, 11) is 0. The molecule has 3 aromatic heterocycles. The van der Waals surface area contributed by atoms with E-state index in [1.165, 1.54) is 5.56 Å². The first kappa shape index (κ1) is 25.1. The lowest BCUT2D eigenvalue weighted by molar-refractivity contribution is -0.115. The van der Waals surface area contributed by atoms with Crippen LogP contribution in [-0.4, -0.2) is 50.7 Å². The van der Waals surface area contributed by atoms with Crippen molar-refractivity contribution < 1.29 is 9.59 Å². The molecule has 196 valence electrons. The molecule has 2 amide bonds. The first-order chi connectivity index (χ1) is 19.1. The summed E-state index contributed by atoms with van der Waals surface area (Å²) < 4.78 is 0. The van der Waals surface area contributed by atoms with Gasteiger partial charge in [0.2, 0.25) is 5.95 Å². The largest absolute Gasteiger partial charge is 0.341 e. The van der Waals surface area contributed by atoms with Gasteiger partial charge in [0.05, 0.1) is 21.8 Å². The molecular weight excluding hydrogens is 510 g/mol. The third-order valence-electron chi connectivity index (χ3n) is 6.99. The minimum Gasteiger partial charge on any atom is -0.341 e. The van der Waals surface area contributed by atoms with Crippen molar-refractivity contribution in [2.24, 2.45) is 5.92 Å². The summed E-state index contributed by atoms with van der Waals surface area (Å²) >= 11 is 0.891. The molecule has 0 spiro atoms. The summed E-state index contributed by atoms with van der Waals surface area (Å²) in [6.07, 6.45) is 9.12. The van der Waals surface area contributed by atoms with Gasteiger partial charge in [0, 0.05) is 49.2 Å². The third kappa shape index (κ3) is 5.81. The van der Waals surface area contributed by atoms with Crippen LogP contribution in [0.5, 0.6) is 0 Å². The number of thioether (sulfide) groups is 1. The number of piperidine rings is 1. The number of nitrogens with one attached hydrogen (secondary N) is 2. The van der Waals surface area contributed by atoms with Gasteiger partial charge in [0.25, 0.3) is 11.1 Å². The number of pyridine rings is 2. The van der Waals surface area contributed by atoms with Crippen LogP contribution in [0.15, 0.2) is 72.0 Å². The van der Waals surface area contributed by atoms with Crippen molar-refractivity contribution in [3.63, 3.8) is 0 Å². The van der Waals surface area contributed by atoms with Gasteiger partial charge in [-0.1, -0.05) is 18.2 Å². The smallest absolute Gasteiger partial charge is 0.290 e. The van der Waals surface area contributed by atoms with Gasteiger partial charge in [-0.2, -0.15) is 0 Å². The maximum atomic E-state index is 11.8. The molecule has 10 heteroatoms. The van der Waals surface area contributed by atoms with E-state index in [1.807, 2.05) is 36.7 Å².